The quantitative estimate of drug-likeness (QED) is 0.732. The van der Waals surface area contributed by atoms with Gasteiger partial charge in [-0.05, 0) is 50.6 Å². The van der Waals surface area contributed by atoms with Gasteiger partial charge in [0.1, 0.15) is 11.5 Å². The van der Waals surface area contributed by atoms with Crippen molar-refractivity contribution >= 4 is 23.2 Å². The van der Waals surface area contributed by atoms with Crippen molar-refractivity contribution < 1.29 is 18.8 Å². The molecule has 1 aromatic heterocycles. The fourth-order valence-electron chi connectivity index (χ4n) is 3.37. The van der Waals surface area contributed by atoms with Crippen molar-refractivity contribution in [2.75, 3.05) is 16.8 Å². The van der Waals surface area contributed by atoms with Crippen LogP contribution in [0.4, 0.5) is 11.4 Å². The van der Waals surface area contributed by atoms with Gasteiger partial charge in [-0.1, -0.05) is 23.4 Å². The highest BCUT2D eigenvalue weighted by molar-refractivity contribution is 6.06. The number of fused-ring (bicyclic) bond motifs is 1. The van der Waals surface area contributed by atoms with Gasteiger partial charge in [0.25, 0.3) is 11.8 Å². The molecule has 2 heterocycles. The molecule has 2 aromatic carbocycles. The van der Waals surface area contributed by atoms with E-state index in [1.165, 1.54) is 0 Å². The number of amides is 2. The lowest BCUT2D eigenvalue weighted by atomic mass is 10.1. The molecule has 7 nitrogen and oxygen atoms in total. The number of ether oxygens (including phenoxy) is 1. The maximum absolute atomic E-state index is 12.7. The van der Waals surface area contributed by atoms with E-state index in [4.69, 9.17) is 9.26 Å². The highest BCUT2D eigenvalue weighted by Gasteiger charge is 2.28. The lowest BCUT2D eigenvalue weighted by molar-refractivity contribution is -0.121. The molecule has 0 atom stereocenters. The minimum atomic E-state index is -0.205. The van der Waals surface area contributed by atoms with E-state index in [0.29, 0.717) is 35.0 Å². The zero-order valence-corrected chi connectivity index (χ0v) is 16.5. The second kappa shape index (κ2) is 7.43. The van der Waals surface area contributed by atoms with Crippen LogP contribution in [0, 0.1) is 20.8 Å². The highest BCUT2D eigenvalue weighted by atomic mass is 16.5. The molecule has 0 fully saturated rings. The number of hydrogen-bond acceptors (Lipinski definition) is 5. The Morgan fingerprint density at radius 3 is 2.69 bits per heavy atom. The third-order valence-electron chi connectivity index (χ3n) is 5.05. The summed E-state index contributed by atoms with van der Waals surface area (Å²) in [7, 11) is 0. The van der Waals surface area contributed by atoms with Crippen molar-refractivity contribution in [3.63, 3.8) is 0 Å². The second-order valence-electron chi connectivity index (χ2n) is 7.02. The second-order valence-corrected chi connectivity index (χ2v) is 7.02. The van der Waals surface area contributed by atoms with Gasteiger partial charge in [0.15, 0.2) is 6.61 Å². The first-order chi connectivity index (χ1) is 13.9. The number of aryl methyl sites for hydroxylation is 3. The Labute approximate surface area is 168 Å². The van der Waals surface area contributed by atoms with Crippen LogP contribution in [0.3, 0.4) is 0 Å². The molecule has 3 aromatic rings. The zero-order chi connectivity index (χ0) is 20.5. The summed E-state index contributed by atoms with van der Waals surface area (Å²) in [6, 6.07) is 12.7. The van der Waals surface area contributed by atoms with E-state index >= 15 is 0 Å². The van der Waals surface area contributed by atoms with Crippen LogP contribution in [0.2, 0.25) is 0 Å². The van der Waals surface area contributed by atoms with Gasteiger partial charge in [0.05, 0.1) is 17.9 Å². The van der Waals surface area contributed by atoms with Crippen LogP contribution >= 0.6 is 0 Å². The first kappa shape index (κ1) is 18.7. The van der Waals surface area contributed by atoms with Gasteiger partial charge in [-0.15, -0.1) is 0 Å². The average molecular weight is 391 g/mol. The lowest BCUT2D eigenvalue weighted by Gasteiger charge is -2.29. The van der Waals surface area contributed by atoms with Crippen LogP contribution in [0.5, 0.6) is 5.75 Å². The van der Waals surface area contributed by atoms with Gasteiger partial charge >= 0.3 is 0 Å². The van der Waals surface area contributed by atoms with Crippen LogP contribution in [0.1, 0.15) is 32.9 Å². The smallest absolute Gasteiger partial charge is 0.265 e. The Bertz CT molecular complexity index is 1080. The van der Waals surface area contributed by atoms with Crippen molar-refractivity contribution in [1.82, 2.24) is 5.16 Å². The van der Waals surface area contributed by atoms with Crippen LogP contribution in [0.25, 0.3) is 0 Å². The Morgan fingerprint density at radius 1 is 1.17 bits per heavy atom. The van der Waals surface area contributed by atoms with Gasteiger partial charge in [0, 0.05) is 16.8 Å². The molecule has 2 amide bonds. The number of anilines is 2. The molecule has 4 rings (SSSR count). The Hall–Kier alpha value is -3.61. The summed E-state index contributed by atoms with van der Waals surface area (Å²) < 4.78 is 10.8. The van der Waals surface area contributed by atoms with Crippen LogP contribution in [-0.2, 0) is 11.3 Å². The fraction of sp³-hybridized carbons (Fsp3) is 0.227. The number of carbonyl (C=O) groups is 2. The molecular weight excluding hydrogens is 370 g/mol. The number of nitrogens with zero attached hydrogens (tertiary/aromatic N) is 2. The number of rotatable bonds is 4. The number of carbonyl (C=O) groups excluding carboxylic acids is 2. The number of benzene rings is 2. The number of aromatic nitrogens is 1. The van der Waals surface area contributed by atoms with E-state index in [-0.39, 0.29) is 18.4 Å². The zero-order valence-electron chi connectivity index (χ0n) is 16.5. The number of hydrogen-bond donors (Lipinski definition) is 1. The SMILES string of the molecule is Cc1ccccc1C(=O)Nc1ccc2c(c1)N(Cc1c(C)noc1C)C(=O)CO2. The van der Waals surface area contributed by atoms with Crippen LogP contribution in [-0.4, -0.2) is 23.6 Å². The maximum atomic E-state index is 12.7. The summed E-state index contributed by atoms with van der Waals surface area (Å²) in [6.45, 7) is 5.84. The normalized spacial score (nSPS) is 13.1. The molecular formula is C22H21N3O4. The Kier molecular flexibility index (Phi) is 4.80. The third-order valence-corrected chi connectivity index (χ3v) is 5.05. The maximum Gasteiger partial charge on any atom is 0.265 e. The third kappa shape index (κ3) is 3.59. The summed E-state index contributed by atoms with van der Waals surface area (Å²) in [4.78, 5) is 26.9. The molecule has 0 spiro atoms. The van der Waals surface area contributed by atoms with Crippen molar-refractivity contribution in [2.24, 2.45) is 0 Å². The van der Waals surface area contributed by atoms with Crippen molar-refractivity contribution in [1.29, 1.82) is 0 Å². The van der Waals surface area contributed by atoms with Gasteiger partial charge in [-0.25, -0.2) is 0 Å². The summed E-state index contributed by atoms with van der Waals surface area (Å²) >= 11 is 0. The van der Waals surface area contributed by atoms with Crippen LogP contribution < -0.4 is 15.0 Å². The molecule has 148 valence electrons. The molecule has 0 radical (unpaired) electrons. The number of nitrogens with one attached hydrogen (secondary N) is 1. The molecule has 0 aliphatic carbocycles. The van der Waals surface area contributed by atoms with Crippen molar-refractivity contribution in [3.8, 4) is 5.75 Å². The average Bonchev–Trinajstić information content (AvgIpc) is 3.02. The van der Waals surface area contributed by atoms with E-state index in [2.05, 4.69) is 10.5 Å². The largest absolute Gasteiger partial charge is 0.482 e. The van der Waals surface area contributed by atoms with E-state index in [1.807, 2.05) is 39.0 Å². The van der Waals surface area contributed by atoms with E-state index in [9.17, 15) is 9.59 Å². The Morgan fingerprint density at radius 2 is 1.97 bits per heavy atom. The molecule has 0 unspecified atom stereocenters. The summed E-state index contributed by atoms with van der Waals surface area (Å²) in [5.41, 5.74) is 4.28. The van der Waals surface area contributed by atoms with Crippen molar-refractivity contribution in [3.05, 3.63) is 70.6 Å². The molecule has 1 aliphatic rings. The predicted octanol–water partition coefficient (Wildman–Crippen LogP) is 3.78. The molecule has 0 saturated heterocycles. The minimum absolute atomic E-state index is 0.0364. The van der Waals surface area contributed by atoms with E-state index in [0.717, 1.165) is 16.8 Å². The summed E-state index contributed by atoms with van der Waals surface area (Å²) in [5, 5.41) is 6.86. The van der Waals surface area contributed by atoms with E-state index in [1.54, 1.807) is 29.2 Å². The van der Waals surface area contributed by atoms with Gasteiger partial charge in [-0.2, -0.15) is 0 Å². The van der Waals surface area contributed by atoms with Gasteiger partial charge in [-0.3, -0.25) is 9.59 Å². The monoisotopic (exact) mass is 391 g/mol. The topological polar surface area (TPSA) is 84.7 Å². The molecule has 1 aliphatic heterocycles. The molecule has 1 N–H and O–H groups in total. The van der Waals surface area contributed by atoms with E-state index < -0.39 is 0 Å². The van der Waals surface area contributed by atoms with Crippen molar-refractivity contribution in [2.45, 2.75) is 27.3 Å². The molecule has 0 saturated carbocycles. The predicted molar refractivity (Wildman–Crippen MR) is 108 cm³/mol. The van der Waals surface area contributed by atoms with Gasteiger partial charge in [0.2, 0.25) is 0 Å². The summed E-state index contributed by atoms with van der Waals surface area (Å²) in [6.07, 6.45) is 0. The summed E-state index contributed by atoms with van der Waals surface area (Å²) in [5.74, 6) is 0.890. The Balaban J connectivity index is 1.64. The lowest BCUT2D eigenvalue weighted by Crippen LogP contribution is -2.38. The first-order valence-electron chi connectivity index (χ1n) is 9.30. The van der Waals surface area contributed by atoms with Gasteiger partial charge < -0.3 is 19.5 Å². The molecule has 29 heavy (non-hydrogen) atoms. The minimum Gasteiger partial charge on any atom is -0.482 e. The molecule has 7 heteroatoms. The van der Waals surface area contributed by atoms with Crippen LogP contribution in [0.15, 0.2) is 47.0 Å². The first-order valence-corrected chi connectivity index (χ1v) is 9.30. The molecule has 0 bridgehead atoms. The fourth-order valence-corrected chi connectivity index (χ4v) is 3.37. The standard InChI is InChI=1S/C22H21N3O4/c1-13-6-4-5-7-17(13)22(27)23-16-8-9-20-19(10-16)25(21(26)12-28-20)11-18-14(2)24-29-15(18)3/h4-10H,11-12H2,1-3H3,(H,23,27). The highest BCUT2D eigenvalue weighted by Crippen LogP contribution is 2.36.